The largest absolute Gasteiger partial charge is 0.489 e. The number of rotatable bonds is 9. The number of nitrogens with zero attached hydrogens (tertiary/aromatic N) is 3. The van der Waals surface area contributed by atoms with Gasteiger partial charge in [0.1, 0.15) is 35.2 Å². The van der Waals surface area contributed by atoms with Crippen molar-refractivity contribution in [3.05, 3.63) is 92.1 Å². The van der Waals surface area contributed by atoms with Gasteiger partial charge in [-0.1, -0.05) is 60.7 Å². The standard InChI is InChI=1S/C48H52Cl2FN7O8/c1-56-36-21-28(13-15-34(36)58(46(56)65)35-16-17-38(59)54-42(35)60)66-29-22-37(44(62)63)57(24-29)23-25-8-11-27(12-9-25)52-43(61)41-39(30-6-5-7-32(50)40(30)51)48(47(55-41)18-3-2-4-19-47)31-14-10-26(49)20-33(31)53-45(48)64/h5-7,10,13-15,20-21,25,27,29,35,37,39,41,55H,2-4,8-9,11-12,16-19,22-24H2,1H3,(H,52,61)(H,53,64)(H,62,63)(H,54,59,60)/t25?,27?,29-,35?,37-,39-,41+,48+/m0/s1. The van der Waals surface area contributed by atoms with E-state index in [0.29, 0.717) is 71.8 Å². The number of aliphatic carboxylic acids is 1. The van der Waals surface area contributed by atoms with Gasteiger partial charge >= 0.3 is 11.7 Å². The van der Waals surface area contributed by atoms with E-state index in [1.807, 2.05) is 11.0 Å². The second-order valence-corrected chi connectivity index (χ2v) is 20.0. The zero-order valence-electron chi connectivity index (χ0n) is 36.4. The Bertz CT molecular complexity index is 2730. The smallest absolute Gasteiger partial charge is 0.329 e. The van der Waals surface area contributed by atoms with E-state index < -0.39 is 64.5 Å². The van der Waals surface area contributed by atoms with Gasteiger partial charge in [0, 0.05) is 67.3 Å². The number of amides is 4. The minimum atomic E-state index is -1.33. The Balaban J connectivity index is 0.827. The molecule has 0 bridgehead atoms. The van der Waals surface area contributed by atoms with E-state index in [0.717, 1.165) is 32.1 Å². The van der Waals surface area contributed by atoms with Crippen LogP contribution in [0.1, 0.15) is 100 Å². The molecular formula is C48H52Cl2FN7O8. The van der Waals surface area contributed by atoms with Crippen LogP contribution in [0.5, 0.6) is 5.75 Å². The van der Waals surface area contributed by atoms with E-state index in [1.165, 1.54) is 15.2 Å². The number of fused-ring (bicyclic) bond motifs is 4. The average Bonchev–Trinajstić information content (AvgIpc) is 3.98. The van der Waals surface area contributed by atoms with Crippen LogP contribution in [0.15, 0.2) is 59.4 Å². The molecule has 3 aromatic carbocycles. The normalized spacial score (nSPS) is 29.6. The first-order chi connectivity index (χ1) is 31.7. The fourth-order valence-electron chi connectivity index (χ4n) is 12.6. The molecule has 348 valence electrons. The number of carbonyl (C=O) groups is 5. The first-order valence-corrected chi connectivity index (χ1v) is 23.8. The van der Waals surface area contributed by atoms with Crippen molar-refractivity contribution >= 4 is 69.5 Å². The molecule has 3 saturated heterocycles. The number of carboxylic acid groups (broad SMARTS) is 1. The number of piperidine rings is 1. The molecule has 2 saturated carbocycles. The summed E-state index contributed by atoms with van der Waals surface area (Å²) in [6, 6.07) is 12.4. The van der Waals surface area contributed by atoms with E-state index in [2.05, 4.69) is 21.3 Å². The fraction of sp³-hybridized carbons (Fsp3) is 0.500. The molecule has 66 heavy (non-hydrogen) atoms. The summed E-state index contributed by atoms with van der Waals surface area (Å²) in [6.45, 7) is 0.910. The molecule has 10 rings (SSSR count). The predicted molar refractivity (Wildman–Crippen MR) is 243 cm³/mol. The van der Waals surface area contributed by atoms with E-state index in [-0.39, 0.29) is 59.5 Å². The summed E-state index contributed by atoms with van der Waals surface area (Å²) in [4.78, 5) is 81.8. The highest BCUT2D eigenvalue weighted by Crippen LogP contribution is 2.63. The van der Waals surface area contributed by atoms with Crippen molar-refractivity contribution in [3.8, 4) is 5.75 Å². The van der Waals surface area contributed by atoms with Gasteiger partial charge in [-0.25, -0.2) is 9.18 Å². The minimum Gasteiger partial charge on any atom is -0.489 e. The lowest BCUT2D eigenvalue weighted by atomic mass is 9.55. The lowest BCUT2D eigenvalue weighted by Gasteiger charge is -2.47. The molecule has 15 nitrogen and oxygen atoms in total. The van der Waals surface area contributed by atoms with Gasteiger partial charge < -0.3 is 20.5 Å². The van der Waals surface area contributed by atoms with Crippen molar-refractivity contribution in [2.24, 2.45) is 13.0 Å². The van der Waals surface area contributed by atoms with Gasteiger partial charge in [-0.2, -0.15) is 0 Å². The van der Waals surface area contributed by atoms with E-state index in [4.69, 9.17) is 27.9 Å². The van der Waals surface area contributed by atoms with Crippen molar-refractivity contribution in [1.82, 2.24) is 30.0 Å². The highest BCUT2D eigenvalue weighted by Gasteiger charge is 2.72. The summed E-state index contributed by atoms with van der Waals surface area (Å²) in [5, 5.41) is 23.0. The molecule has 6 aliphatic rings. The van der Waals surface area contributed by atoms with Gasteiger partial charge in [0.05, 0.1) is 22.1 Å². The van der Waals surface area contributed by atoms with Crippen LogP contribution in [0.25, 0.3) is 11.0 Å². The highest BCUT2D eigenvalue weighted by atomic mass is 35.5. The van der Waals surface area contributed by atoms with E-state index in [9.17, 15) is 33.9 Å². The number of imidazole rings is 1. The molecule has 4 aromatic rings. The van der Waals surface area contributed by atoms with Gasteiger partial charge in [0.15, 0.2) is 0 Å². The Morgan fingerprint density at radius 2 is 1.71 bits per heavy atom. The third-order valence-corrected chi connectivity index (χ3v) is 16.1. The van der Waals surface area contributed by atoms with Crippen LogP contribution in [0, 0.1) is 11.7 Å². The predicted octanol–water partition coefficient (Wildman–Crippen LogP) is 5.69. The number of anilines is 1. The van der Waals surface area contributed by atoms with Crippen molar-refractivity contribution in [3.63, 3.8) is 0 Å². The number of aryl methyl sites for hydroxylation is 1. The number of halogens is 3. The topological polar surface area (TPSA) is 193 Å². The molecule has 1 aromatic heterocycles. The van der Waals surface area contributed by atoms with Gasteiger partial charge in [0.2, 0.25) is 23.6 Å². The maximum absolute atomic E-state index is 16.4. The lowest BCUT2D eigenvalue weighted by molar-refractivity contribution is -0.142. The number of hydrogen-bond acceptors (Lipinski definition) is 9. The molecule has 2 spiro atoms. The maximum atomic E-state index is 16.4. The monoisotopic (exact) mass is 943 g/mol. The Hall–Kier alpha value is -5.29. The lowest BCUT2D eigenvalue weighted by Crippen LogP contribution is -2.60. The zero-order chi connectivity index (χ0) is 46.2. The quantitative estimate of drug-likeness (QED) is 0.130. The number of hydrogen-bond donors (Lipinski definition) is 5. The van der Waals surface area contributed by atoms with Crippen LogP contribution in [0.4, 0.5) is 10.1 Å². The minimum absolute atomic E-state index is 0.0886. The Labute approximate surface area is 389 Å². The molecule has 5 N–H and O–H groups in total. The molecule has 6 atom stereocenters. The summed E-state index contributed by atoms with van der Waals surface area (Å²) < 4.78 is 25.6. The summed E-state index contributed by atoms with van der Waals surface area (Å²) in [7, 11) is 1.60. The third kappa shape index (κ3) is 7.30. The molecule has 4 amide bonds. The first kappa shape index (κ1) is 44.5. The molecule has 5 fully saturated rings. The summed E-state index contributed by atoms with van der Waals surface area (Å²) in [6.07, 6.45) is 6.84. The zero-order valence-corrected chi connectivity index (χ0v) is 37.9. The van der Waals surface area contributed by atoms with E-state index in [1.54, 1.807) is 49.5 Å². The second-order valence-electron chi connectivity index (χ2n) is 19.2. The fourth-order valence-corrected chi connectivity index (χ4v) is 12.9. The van der Waals surface area contributed by atoms with Crippen LogP contribution in [0.2, 0.25) is 10.0 Å². The number of nitrogens with one attached hydrogen (secondary N) is 4. The Morgan fingerprint density at radius 1 is 0.939 bits per heavy atom. The van der Waals surface area contributed by atoms with Crippen LogP contribution < -0.4 is 31.7 Å². The summed E-state index contributed by atoms with van der Waals surface area (Å²) >= 11 is 12.9. The molecule has 0 radical (unpaired) electrons. The molecule has 1 unspecified atom stereocenters. The first-order valence-electron chi connectivity index (χ1n) is 23.0. The van der Waals surface area contributed by atoms with Crippen LogP contribution in [0.3, 0.4) is 0 Å². The Kier molecular flexibility index (Phi) is 11.5. The van der Waals surface area contributed by atoms with Crippen LogP contribution >= 0.6 is 23.2 Å². The number of aromatic nitrogens is 2. The highest BCUT2D eigenvalue weighted by molar-refractivity contribution is 6.31. The van der Waals surface area contributed by atoms with Gasteiger partial charge in [-0.15, -0.1) is 0 Å². The third-order valence-electron chi connectivity index (χ3n) is 15.5. The SMILES string of the molecule is Cn1c(=O)n(C2CCC(=O)NC2=O)c2ccc(O[C@H]3C[C@@H](C(=O)O)N(CC4CCC(NC(=O)[C@@H]5NC6(CCCCC6)[C@@]6(C(=O)Nc7cc(Cl)ccc76)[C@H]5c5cccc(Cl)c5F)CC4)C3)cc21. The number of carbonyl (C=O) groups excluding carboxylic acids is 4. The van der Waals surface area contributed by atoms with Crippen molar-refractivity contribution < 1.29 is 38.2 Å². The number of likely N-dealkylation sites (tertiary alicyclic amines) is 1. The Morgan fingerprint density at radius 3 is 2.45 bits per heavy atom. The average molecular weight is 945 g/mol. The number of benzene rings is 3. The molecule has 2 aliphatic carbocycles. The maximum Gasteiger partial charge on any atom is 0.329 e. The van der Waals surface area contributed by atoms with Crippen molar-refractivity contribution in [2.75, 3.05) is 18.4 Å². The number of imide groups is 1. The van der Waals surface area contributed by atoms with Gasteiger partial charge in [0.25, 0.3) is 0 Å². The van der Waals surface area contributed by atoms with Crippen LogP contribution in [-0.2, 0) is 36.4 Å². The van der Waals surface area contributed by atoms with Gasteiger partial charge in [-0.05, 0) is 92.3 Å². The molecule has 5 heterocycles. The summed E-state index contributed by atoms with van der Waals surface area (Å²) in [5.74, 6) is -3.40. The molecule has 4 aliphatic heterocycles. The summed E-state index contributed by atoms with van der Waals surface area (Å²) in [5.41, 5.74) is -0.0542. The van der Waals surface area contributed by atoms with Crippen molar-refractivity contribution in [2.45, 2.75) is 124 Å². The number of ether oxygens (including phenoxy) is 1. The molecule has 18 heteroatoms. The van der Waals surface area contributed by atoms with Crippen molar-refractivity contribution in [1.29, 1.82) is 0 Å². The van der Waals surface area contributed by atoms with Gasteiger partial charge in [-0.3, -0.25) is 48.6 Å². The number of carboxylic acids is 1. The van der Waals surface area contributed by atoms with E-state index >= 15 is 4.39 Å². The molecular weight excluding hydrogens is 892 g/mol. The second kappa shape index (κ2) is 17.1. The van der Waals surface area contributed by atoms with Crippen LogP contribution in [-0.4, -0.2) is 91.6 Å².